The van der Waals surface area contributed by atoms with Crippen LogP contribution in [0.25, 0.3) is 22.6 Å². The number of pyridine rings is 1. The lowest BCUT2D eigenvalue weighted by molar-refractivity contribution is 0.748. The molecule has 2 heterocycles. The van der Waals surface area contributed by atoms with Gasteiger partial charge in [0.1, 0.15) is 11.3 Å². The third-order valence-corrected chi connectivity index (χ3v) is 3.89. The van der Waals surface area contributed by atoms with Crippen molar-refractivity contribution < 1.29 is 0 Å². The molecule has 0 amide bonds. The highest BCUT2D eigenvalue weighted by molar-refractivity contribution is 7.80. The number of thiocarbonyl (C=S) groups is 1. The van der Waals surface area contributed by atoms with Crippen molar-refractivity contribution in [2.24, 2.45) is 5.73 Å². The molecule has 2 N–H and O–H groups in total. The number of hydrogen-bond acceptors (Lipinski definition) is 3. The lowest BCUT2D eigenvalue weighted by Crippen LogP contribution is -2.12. The van der Waals surface area contributed by atoms with Gasteiger partial charge in [-0.1, -0.05) is 36.5 Å². The average Bonchev–Trinajstić information content (AvgIpc) is 2.83. The molecule has 0 spiro atoms. The molecule has 0 radical (unpaired) electrons. The Morgan fingerprint density at radius 1 is 1.27 bits per heavy atom. The van der Waals surface area contributed by atoms with Gasteiger partial charge in [0.05, 0.1) is 4.99 Å². The van der Waals surface area contributed by atoms with Crippen LogP contribution in [-0.2, 0) is 6.54 Å². The smallest absolute Gasteiger partial charge is 0.160 e. The van der Waals surface area contributed by atoms with Crippen molar-refractivity contribution in [3.63, 3.8) is 0 Å². The first kappa shape index (κ1) is 14.7. The van der Waals surface area contributed by atoms with E-state index >= 15 is 0 Å². The monoisotopic (exact) mass is 310 g/mol. The van der Waals surface area contributed by atoms with Crippen molar-refractivity contribution in [1.82, 2.24) is 14.5 Å². The van der Waals surface area contributed by atoms with Crippen LogP contribution in [0.4, 0.5) is 0 Å². The average molecular weight is 310 g/mol. The van der Waals surface area contributed by atoms with E-state index in [4.69, 9.17) is 22.9 Å². The molecule has 0 bridgehead atoms. The van der Waals surface area contributed by atoms with Crippen molar-refractivity contribution in [3.8, 4) is 11.4 Å². The number of hydrogen-bond donors (Lipinski definition) is 1. The Morgan fingerprint density at radius 2 is 2.05 bits per heavy atom. The highest BCUT2D eigenvalue weighted by Gasteiger charge is 2.15. The maximum atomic E-state index is 5.67. The quantitative estimate of drug-likeness (QED) is 0.750. The summed E-state index contributed by atoms with van der Waals surface area (Å²) >= 11 is 5.02. The van der Waals surface area contributed by atoms with E-state index in [0.29, 0.717) is 18.0 Å². The number of rotatable bonds is 4. The van der Waals surface area contributed by atoms with Crippen molar-refractivity contribution in [3.05, 3.63) is 47.7 Å². The van der Waals surface area contributed by atoms with Gasteiger partial charge in [-0.3, -0.25) is 0 Å². The molecule has 5 heteroatoms. The fourth-order valence-corrected chi connectivity index (χ4v) is 2.67. The van der Waals surface area contributed by atoms with Gasteiger partial charge in [0.15, 0.2) is 5.65 Å². The van der Waals surface area contributed by atoms with E-state index in [-0.39, 0.29) is 0 Å². The number of aryl methyl sites for hydroxylation is 3. The van der Waals surface area contributed by atoms with Gasteiger partial charge in [-0.05, 0) is 31.0 Å². The Bertz CT molecular complexity index is 851. The molecular formula is C17H18N4S. The summed E-state index contributed by atoms with van der Waals surface area (Å²) in [5.74, 6) is 0.919. The summed E-state index contributed by atoms with van der Waals surface area (Å²) in [5.41, 5.74) is 10.9. The first-order valence-corrected chi connectivity index (χ1v) is 7.64. The molecule has 3 rings (SSSR count). The second-order valence-electron chi connectivity index (χ2n) is 5.47. The summed E-state index contributed by atoms with van der Waals surface area (Å²) in [6.07, 6.45) is 2.50. The molecule has 112 valence electrons. The molecule has 0 atom stereocenters. The fourth-order valence-electron chi connectivity index (χ4n) is 2.57. The van der Waals surface area contributed by atoms with Crippen molar-refractivity contribution in [2.75, 3.05) is 0 Å². The second kappa shape index (κ2) is 5.85. The zero-order chi connectivity index (χ0) is 15.7. The van der Waals surface area contributed by atoms with Crippen molar-refractivity contribution in [2.45, 2.75) is 26.8 Å². The van der Waals surface area contributed by atoms with Crippen LogP contribution in [0.2, 0.25) is 0 Å². The van der Waals surface area contributed by atoms with Crippen molar-refractivity contribution >= 4 is 28.4 Å². The molecule has 1 aromatic carbocycles. The SMILES string of the molecule is Cc1cnc2c(c1)nc(-c1ccccc1C)n2CCC(N)=S. The van der Waals surface area contributed by atoms with Crippen LogP contribution in [0, 0.1) is 13.8 Å². The number of benzene rings is 1. The summed E-state index contributed by atoms with van der Waals surface area (Å²) in [5, 5.41) is 0. The van der Waals surface area contributed by atoms with Gasteiger partial charge in [-0.2, -0.15) is 0 Å². The first-order valence-electron chi connectivity index (χ1n) is 7.23. The Labute approximate surface area is 135 Å². The number of imidazole rings is 1. The van der Waals surface area contributed by atoms with Gasteiger partial charge in [0.2, 0.25) is 0 Å². The largest absolute Gasteiger partial charge is 0.393 e. The van der Waals surface area contributed by atoms with Crippen molar-refractivity contribution in [1.29, 1.82) is 0 Å². The molecule has 0 saturated heterocycles. The maximum Gasteiger partial charge on any atom is 0.160 e. The molecule has 4 nitrogen and oxygen atoms in total. The summed E-state index contributed by atoms with van der Waals surface area (Å²) in [6.45, 7) is 4.80. The number of fused-ring (bicyclic) bond motifs is 1. The minimum atomic E-state index is 0.504. The van der Waals surface area contributed by atoms with Gasteiger partial charge in [0.25, 0.3) is 0 Å². The van der Waals surface area contributed by atoms with Crippen LogP contribution in [0.15, 0.2) is 36.5 Å². The zero-order valence-electron chi connectivity index (χ0n) is 12.7. The van der Waals surface area contributed by atoms with E-state index in [2.05, 4.69) is 34.7 Å². The van der Waals surface area contributed by atoms with Gasteiger partial charge >= 0.3 is 0 Å². The Balaban J connectivity index is 2.21. The number of nitrogens with two attached hydrogens (primary N) is 1. The minimum Gasteiger partial charge on any atom is -0.393 e. The van der Waals surface area contributed by atoms with Gasteiger partial charge in [-0.15, -0.1) is 0 Å². The molecule has 0 fully saturated rings. The third kappa shape index (κ3) is 2.72. The van der Waals surface area contributed by atoms with E-state index in [1.54, 1.807) is 0 Å². The molecule has 0 aliphatic rings. The first-order chi connectivity index (χ1) is 10.6. The molecular weight excluding hydrogens is 292 g/mol. The molecule has 0 aliphatic carbocycles. The predicted octanol–water partition coefficient (Wildman–Crippen LogP) is 3.39. The Morgan fingerprint density at radius 3 is 2.77 bits per heavy atom. The fraction of sp³-hybridized carbons (Fsp3) is 0.235. The third-order valence-electron chi connectivity index (χ3n) is 3.69. The summed E-state index contributed by atoms with van der Waals surface area (Å²) < 4.78 is 2.11. The van der Waals surface area contributed by atoms with E-state index in [0.717, 1.165) is 28.1 Å². The molecule has 3 aromatic rings. The van der Waals surface area contributed by atoms with Crippen LogP contribution in [0.1, 0.15) is 17.5 Å². The Hall–Kier alpha value is -2.27. The standard InChI is InChI=1S/C17H18N4S/c1-11-9-14-17(19-10-11)21(8-7-15(18)22)16(20-14)13-6-4-3-5-12(13)2/h3-6,9-10H,7-8H2,1-2H3,(H2,18,22). The van der Waals surface area contributed by atoms with Crippen LogP contribution in [-0.4, -0.2) is 19.5 Å². The normalized spacial score (nSPS) is 11.0. The van der Waals surface area contributed by atoms with E-state index < -0.39 is 0 Å². The van der Waals surface area contributed by atoms with Crippen LogP contribution in [0.5, 0.6) is 0 Å². The molecule has 0 unspecified atom stereocenters. The highest BCUT2D eigenvalue weighted by Crippen LogP contribution is 2.26. The molecule has 0 aliphatic heterocycles. The van der Waals surface area contributed by atoms with Gasteiger partial charge in [-0.25, -0.2) is 9.97 Å². The van der Waals surface area contributed by atoms with E-state index in [9.17, 15) is 0 Å². The van der Waals surface area contributed by atoms with E-state index in [1.807, 2.05) is 25.3 Å². The summed E-state index contributed by atoms with van der Waals surface area (Å²) in [4.78, 5) is 9.85. The lowest BCUT2D eigenvalue weighted by Gasteiger charge is -2.10. The molecule has 2 aromatic heterocycles. The summed E-state index contributed by atoms with van der Waals surface area (Å²) in [7, 11) is 0. The topological polar surface area (TPSA) is 56.7 Å². The van der Waals surface area contributed by atoms with Crippen LogP contribution < -0.4 is 5.73 Å². The number of nitrogens with zero attached hydrogens (tertiary/aromatic N) is 3. The van der Waals surface area contributed by atoms with Gasteiger partial charge in [0, 0.05) is 24.7 Å². The van der Waals surface area contributed by atoms with Crippen LogP contribution in [0.3, 0.4) is 0 Å². The Kier molecular flexibility index (Phi) is 3.90. The molecule has 22 heavy (non-hydrogen) atoms. The predicted molar refractivity (Wildman–Crippen MR) is 93.8 cm³/mol. The van der Waals surface area contributed by atoms with E-state index in [1.165, 1.54) is 5.56 Å². The number of aromatic nitrogens is 3. The lowest BCUT2D eigenvalue weighted by atomic mass is 10.1. The van der Waals surface area contributed by atoms with Crippen LogP contribution >= 0.6 is 12.2 Å². The minimum absolute atomic E-state index is 0.504. The highest BCUT2D eigenvalue weighted by atomic mass is 32.1. The second-order valence-corrected chi connectivity index (χ2v) is 6.00. The zero-order valence-corrected chi connectivity index (χ0v) is 13.5. The van der Waals surface area contributed by atoms with Gasteiger partial charge < -0.3 is 10.3 Å². The summed E-state index contributed by atoms with van der Waals surface area (Å²) in [6, 6.07) is 10.3. The maximum absolute atomic E-state index is 5.67. The molecule has 0 saturated carbocycles.